The highest BCUT2D eigenvalue weighted by Gasteiger charge is 2.46. The second-order valence-electron chi connectivity index (χ2n) is 4.00. The molecule has 1 saturated heterocycles. The van der Waals surface area contributed by atoms with E-state index in [1.807, 2.05) is 6.20 Å². The summed E-state index contributed by atoms with van der Waals surface area (Å²) in [7, 11) is 0. The monoisotopic (exact) mass is 193 g/mol. The van der Waals surface area contributed by atoms with Gasteiger partial charge in [-0.05, 0) is 17.9 Å². The van der Waals surface area contributed by atoms with Crippen LogP contribution in [0.5, 0.6) is 0 Å². The molecule has 3 unspecified atom stereocenters. The first-order chi connectivity index (χ1) is 6.77. The first kappa shape index (κ1) is 7.99. The maximum Gasteiger partial charge on any atom is 0.321 e. The third kappa shape index (κ3) is 0.874. The van der Waals surface area contributed by atoms with Gasteiger partial charge in [0.1, 0.15) is 6.04 Å². The number of carboxylic acids is 1. The smallest absolute Gasteiger partial charge is 0.321 e. The number of aliphatic carboxylic acids is 1. The summed E-state index contributed by atoms with van der Waals surface area (Å²) in [5, 5.41) is 18.9. The molecular weight excluding hydrogens is 182 g/mol. The van der Waals surface area contributed by atoms with Crippen LogP contribution in [0.3, 0.4) is 0 Å². The zero-order chi connectivity index (χ0) is 9.71. The number of aromatic nitrogens is 2. The molecule has 0 spiro atoms. The number of hydrogen-bond donors (Lipinski definition) is 3. The van der Waals surface area contributed by atoms with Crippen LogP contribution in [0.25, 0.3) is 0 Å². The van der Waals surface area contributed by atoms with Crippen molar-refractivity contribution in [3.8, 4) is 0 Å². The number of aromatic amines is 1. The molecule has 0 radical (unpaired) electrons. The lowest BCUT2D eigenvalue weighted by Crippen LogP contribution is -2.35. The first-order valence-corrected chi connectivity index (χ1v) is 4.75. The van der Waals surface area contributed by atoms with Crippen LogP contribution < -0.4 is 5.32 Å². The molecule has 3 N–H and O–H groups in total. The number of rotatable bonds is 1. The van der Waals surface area contributed by atoms with Gasteiger partial charge in [-0.1, -0.05) is 0 Å². The van der Waals surface area contributed by atoms with Gasteiger partial charge in [0, 0.05) is 18.2 Å². The lowest BCUT2D eigenvalue weighted by atomic mass is 9.92. The van der Waals surface area contributed by atoms with E-state index in [2.05, 4.69) is 15.5 Å². The number of hydrogen-bond acceptors (Lipinski definition) is 3. The number of carbonyl (C=O) groups is 1. The summed E-state index contributed by atoms with van der Waals surface area (Å²) in [6, 6.07) is -0.388. The summed E-state index contributed by atoms with van der Waals surface area (Å²) in [6.07, 6.45) is 2.63. The molecule has 5 nitrogen and oxygen atoms in total. The third-order valence-corrected chi connectivity index (χ3v) is 3.36. The predicted molar refractivity (Wildman–Crippen MR) is 47.9 cm³/mol. The van der Waals surface area contributed by atoms with Crippen molar-refractivity contribution >= 4 is 5.97 Å². The van der Waals surface area contributed by atoms with Gasteiger partial charge in [0.05, 0.1) is 6.20 Å². The van der Waals surface area contributed by atoms with E-state index in [1.54, 1.807) is 0 Å². The fraction of sp³-hybridized carbons (Fsp3) is 0.556. The van der Waals surface area contributed by atoms with Gasteiger partial charge in [0.25, 0.3) is 0 Å². The zero-order valence-electron chi connectivity index (χ0n) is 7.53. The summed E-state index contributed by atoms with van der Waals surface area (Å²) in [5.41, 5.74) is 2.32. The molecule has 0 amide bonds. The second-order valence-corrected chi connectivity index (χ2v) is 4.00. The Morgan fingerprint density at radius 1 is 1.64 bits per heavy atom. The van der Waals surface area contributed by atoms with Gasteiger partial charge in [-0.15, -0.1) is 0 Å². The zero-order valence-corrected chi connectivity index (χ0v) is 7.53. The lowest BCUT2D eigenvalue weighted by molar-refractivity contribution is -0.140. The summed E-state index contributed by atoms with van der Waals surface area (Å²) in [5.74, 6) is -0.197. The molecule has 1 fully saturated rings. The van der Waals surface area contributed by atoms with E-state index in [4.69, 9.17) is 5.11 Å². The number of nitrogens with zero attached hydrogens (tertiary/aromatic N) is 1. The quantitative estimate of drug-likeness (QED) is 0.573. The van der Waals surface area contributed by atoms with Gasteiger partial charge in [0.15, 0.2) is 0 Å². The summed E-state index contributed by atoms with van der Waals surface area (Å²) >= 11 is 0. The molecule has 1 aliphatic heterocycles. The van der Waals surface area contributed by atoms with Crippen LogP contribution in [0.15, 0.2) is 6.20 Å². The van der Waals surface area contributed by atoms with E-state index in [0.29, 0.717) is 5.92 Å². The molecule has 0 saturated carbocycles. The van der Waals surface area contributed by atoms with E-state index in [-0.39, 0.29) is 12.0 Å². The number of carboxylic acid groups (broad SMARTS) is 1. The molecule has 0 aromatic carbocycles. The molecule has 0 bridgehead atoms. The molecule has 74 valence electrons. The van der Waals surface area contributed by atoms with Crippen molar-refractivity contribution in [2.75, 3.05) is 6.54 Å². The standard InChI is InChI=1S/C9H11N3O2/c13-9(14)8-4-1-7-6(3-11-12-7)5(4)2-10-8/h3-5,8,10H,1-2H2,(H,11,12)(H,13,14). The van der Waals surface area contributed by atoms with Crippen LogP contribution in [-0.2, 0) is 11.2 Å². The first-order valence-electron chi connectivity index (χ1n) is 4.75. The highest BCUT2D eigenvalue weighted by atomic mass is 16.4. The van der Waals surface area contributed by atoms with Crippen LogP contribution >= 0.6 is 0 Å². The van der Waals surface area contributed by atoms with E-state index in [9.17, 15) is 4.79 Å². The maximum atomic E-state index is 10.9. The van der Waals surface area contributed by atoms with Crippen LogP contribution in [0.1, 0.15) is 17.2 Å². The summed E-state index contributed by atoms with van der Waals surface area (Å²) < 4.78 is 0. The van der Waals surface area contributed by atoms with Crippen molar-refractivity contribution in [1.82, 2.24) is 15.5 Å². The van der Waals surface area contributed by atoms with E-state index in [0.717, 1.165) is 18.7 Å². The largest absolute Gasteiger partial charge is 0.480 e. The number of H-pyrrole nitrogens is 1. The van der Waals surface area contributed by atoms with Crippen LogP contribution in [-0.4, -0.2) is 33.9 Å². The molecule has 3 rings (SSSR count). The molecule has 14 heavy (non-hydrogen) atoms. The third-order valence-electron chi connectivity index (χ3n) is 3.36. The Hall–Kier alpha value is -1.36. The molecule has 2 aliphatic rings. The van der Waals surface area contributed by atoms with Gasteiger partial charge < -0.3 is 10.4 Å². The molecule has 1 aromatic rings. The number of fused-ring (bicyclic) bond motifs is 3. The molecular formula is C9H11N3O2. The van der Waals surface area contributed by atoms with E-state index < -0.39 is 5.97 Å². The van der Waals surface area contributed by atoms with Gasteiger partial charge in [-0.2, -0.15) is 5.10 Å². The Kier molecular flexibility index (Phi) is 1.47. The Morgan fingerprint density at radius 2 is 2.50 bits per heavy atom. The van der Waals surface area contributed by atoms with Crippen molar-refractivity contribution in [3.05, 3.63) is 17.5 Å². The Labute approximate surface area is 80.5 Å². The molecule has 3 atom stereocenters. The van der Waals surface area contributed by atoms with Crippen LogP contribution in [0.2, 0.25) is 0 Å². The minimum Gasteiger partial charge on any atom is -0.480 e. The van der Waals surface area contributed by atoms with Gasteiger partial charge >= 0.3 is 5.97 Å². The average molecular weight is 193 g/mol. The fourth-order valence-electron chi connectivity index (χ4n) is 2.70. The van der Waals surface area contributed by atoms with Crippen molar-refractivity contribution in [3.63, 3.8) is 0 Å². The lowest BCUT2D eigenvalue weighted by Gasteiger charge is -2.12. The maximum absolute atomic E-state index is 10.9. The summed E-state index contributed by atoms with van der Waals surface area (Å²) in [6.45, 7) is 0.758. The Morgan fingerprint density at radius 3 is 3.29 bits per heavy atom. The molecule has 1 aromatic heterocycles. The highest BCUT2D eigenvalue weighted by Crippen LogP contribution is 2.41. The minimum absolute atomic E-state index is 0.205. The van der Waals surface area contributed by atoms with Gasteiger partial charge in [-0.25, -0.2) is 0 Å². The highest BCUT2D eigenvalue weighted by molar-refractivity contribution is 5.75. The molecule has 1 aliphatic carbocycles. The van der Waals surface area contributed by atoms with Gasteiger partial charge in [-0.3, -0.25) is 9.89 Å². The SMILES string of the molecule is O=C(O)C1NCC2c3cn[nH]c3CC12. The van der Waals surface area contributed by atoms with Crippen molar-refractivity contribution in [2.24, 2.45) is 5.92 Å². The molecule has 5 heteroatoms. The van der Waals surface area contributed by atoms with Crippen molar-refractivity contribution in [2.45, 2.75) is 18.4 Å². The average Bonchev–Trinajstić information content (AvgIpc) is 2.70. The molecule has 2 heterocycles. The predicted octanol–water partition coefficient (Wildman–Crippen LogP) is -0.278. The Balaban J connectivity index is 1.94. The topological polar surface area (TPSA) is 78.0 Å². The summed E-state index contributed by atoms with van der Waals surface area (Å²) in [4.78, 5) is 10.9. The van der Waals surface area contributed by atoms with Gasteiger partial charge in [0.2, 0.25) is 0 Å². The van der Waals surface area contributed by atoms with Crippen molar-refractivity contribution in [1.29, 1.82) is 0 Å². The van der Waals surface area contributed by atoms with E-state index >= 15 is 0 Å². The van der Waals surface area contributed by atoms with Crippen LogP contribution in [0, 0.1) is 5.92 Å². The minimum atomic E-state index is -0.740. The van der Waals surface area contributed by atoms with Crippen LogP contribution in [0.4, 0.5) is 0 Å². The normalized spacial score (nSPS) is 34.1. The fourth-order valence-corrected chi connectivity index (χ4v) is 2.70. The second kappa shape index (κ2) is 2.57. The van der Waals surface area contributed by atoms with Crippen molar-refractivity contribution < 1.29 is 9.90 Å². The number of nitrogens with one attached hydrogen (secondary N) is 2. The van der Waals surface area contributed by atoms with E-state index in [1.165, 1.54) is 5.56 Å². The Bertz CT molecular complexity index is 387.